The Bertz CT molecular complexity index is 1120. The lowest BCUT2D eigenvalue weighted by atomic mass is 10.2. The molecule has 156 valence electrons. The molecule has 3 aromatic rings. The number of carbonyl (C=O) groups excluding carboxylic acids is 1. The monoisotopic (exact) mass is 424 g/mol. The van der Waals surface area contributed by atoms with Crippen LogP contribution in [0.2, 0.25) is 0 Å². The summed E-state index contributed by atoms with van der Waals surface area (Å²) < 4.78 is 33.4. The molecular formula is C23H24N2O4S. The molecule has 0 aromatic heterocycles. The number of anilines is 2. The molecule has 0 atom stereocenters. The van der Waals surface area contributed by atoms with Crippen molar-refractivity contribution in [1.82, 2.24) is 0 Å². The average Bonchev–Trinajstić information content (AvgIpc) is 2.71. The molecule has 0 spiro atoms. The van der Waals surface area contributed by atoms with Crippen LogP contribution in [-0.2, 0) is 10.0 Å². The van der Waals surface area contributed by atoms with Gasteiger partial charge in [-0.2, -0.15) is 0 Å². The van der Waals surface area contributed by atoms with Crippen LogP contribution in [0.1, 0.15) is 29.8 Å². The summed E-state index contributed by atoms with van der Waals surface area (Å²) in [6.45, 7) is 5.71. The maximum atomic E-state index is 12.6. The Balaban J connectivity index is 1.68. The highest BCUT2D eigenvalue weighted by Gasteiger charge is 2.16. The third kappa shape index (κ3) is 5.39. The molecule has 0 fully saturated rings. The first-order valence-electron chi connectivity index (χ1n) is 9.51. The van der Waals surface area contributed by atoms with Crippen LogP contribution in [0.25, 0.3) is 0 Å². The molecule has 0 saturated heterocycles. The standard InChI is InChI=1S/C23H24N2O4S/c1-16(2)29-20-12-10-19(11-13-20)24-23(26)18-8-14-21(15-9-18)30(27,28)25-22-7-5-4-6-17(22)3/h4-16,25H,1-3H3,(H,24,26). The number of nitrogens with one attached hydrogen (secondary N) is 2. The second kappa shape index (κ2) is 9.00. The Morgan fingerprint density at radius 3 is 2.13 bits per heavy atom. The van der Waals surface area contributed by atoms with Crippen LogP contribution in [0.15, 0.2) is 77.7 Å². The van der Waals surface area contributed by atoms with Crippen molar-refractivity contribution in [3.05, 3.63) is 83.9 Å². The molecule has 7 heteroatoms. The van der Waals surface area contributed by atoms with Crippen LogP contribution in [-0.4, -0.2) is 20.4 Å². The fraction of sp³-hybridized carbons (Fsp3) is 0.174. The van der Waals surface area contributed by atoms with E-state index in [0.29, 0.717) is 16.9 Å². The number of carbonyl (C=O) groups is 1. The third-order valence-electron chi connectivity index (χ3n) is 4.30. The average molecular weight is 425 g/mol. The second-order valence-electron chi connectivity index (χ2n) is 7.09. The van der Waals surface area contributed by atoms with E-state index in [1.54, 1.807) is 36.4 Å². The van der Waals surface area contributed by atoms with Crippen molar-refractivity contribution in [3.63, 3.8) is 0 Å². The predicted molar refractivity (Wildman–Crippen MR) is 119 cm³/mol. The molecule has 30 heavy (non-hydrogen) atoms. The van der Waals surface area contributed by atoms with Gasteiger partial charge in [-0.15, -0.1) is 0 Å². The summed E-state index contributed by atoms with van der Waals surface area (Å²) in [5, 5.41) is 2.78. The molecule has 0 bridgehead atoms. The largest absolute Gasteiger partial charge is 0.491 e. The molecule has 0 aliphatic carbocycles. The molecular weight excluding hydrogens is 400 g/mol. The quantitative estimate of drug-likeness (QED) is 0.569. The SMILES string of the molecule is Cc1ccccc1NS(=O)(=O)c1ccc(C(=O)Nc2ccc(OC(C)C)cc2)cc1. The van der Waals surface area contributed by atoms with E-state index in [9.17, 15) is 13.2 Å². The minimum absolute atomic E-state index is 0.0699. The second-order valence-corrected chi connectivity index (χ2v) is 8.77. The first-order chi connectivity index (χ1) is 14.2. The van der Waals surface area contributed by atoms with Gasteiger partial charge in [0.05, 0.1) is 16.7 Å². The van der Waals surface area contributed by atoms with Gasteiger partial charge in [0, 0.05) is 11.3 Å². The molecule has 3 aromatic carbocycles. The molecule has 0 radical (unpaired) electrons. The fourth-order valence-electron chi connectivity index (χ4n) is 2.77. The zero-order valence-electron chi connectivity index (χ0n) is 17.0. The Morgan fingerprint density at radius 2 is 1.53 bits per heavy atom. The van der Waals surface area contributed by atoms with Gasteiger partial charge in [0.1, 0.15) is 5.75 Å². The summed E-state index contributed by atoms with van der Waals surface area (Å²) in [7, 11) is -3.75. The number of aryl methyl sites for hydroxylation is 1. The number of rotatable bonds is 7. The summed E-state index contributed by atoms with van der Waals surface area (Å²) in [4.78, 5) is 12.5. The lowest BCUT2D eigenvalue weighted by Gasteiger charge is -2.12. The normalized spacial score (nSPS) is 11.2. The van der Waals surface area contributed by atoms with Crippen LogP contribution >= 0.6 is 0 Å². The zero-order chi connectivity index (χ0) is 21.7. The number of para-hydroxylation sites is 1. The van der Waals surface area contributed by atoms with Crippen molar-refractivity contribution in [3.8, 4) is 5.75 Å². The number of benzene rings is 3. The van der Waals surface area contributed by atoms with Gasteiger partial charge in [-0.1, -0.05) is 18.2 Å². The van der Waals surface area contributed by atoms with Crippen LogP contribution in [0.4, 0.5) is 11.4 Å². The molecule has 0 unspecified atom stereocenters. The van der Waals surface area contributed by atoms with Crippen molar-refractivity contribution in [2.45, 2.75) is 31.8 Å². The zero-order valence-corrected chi connectivity index (χ0v) is 17.9. The molecule has 0 saturated carbocycles. The maximum absolute atomic E-state index is 12.6. The summed E-state index contributed by atoms with van der Waals surface area (Å²) in [5.74, 6) is 0.391. The van der Waals surface area contributed by atoms with Gasteiger partial charge in [-0.3, -0.25) is 9.52 Å². The van der Waals surface area contributed by atoms with Gasteiger partial charge in [0.15, 0.2) is 0 Å². The topological polar surface area (TPSA) is 84.5 Å². The highest BCUT2D eigenvalue weighted by atomic mass is 32.2. The molecule has 0 aliphatic heterocycles. The van der Waals surface area contributed by atoms with Crippen molar-refractivity contribution in [1.29, 1.82) is 0 Å². The van der Waals surface area contributed by atoms with Gasteiger partial charge in [-0.25, -0.2) is 8.42 Å². The van der Waals surface area contributed by atoms with Crippen molar-refractivity contribution >= 4 is 27.3 Å². The molecule has 0 heterocycles. The minimum atomic E-state index is -3.75. The summed E-state index contributed by atoms with van der Waals surface area (Å²) in [5.41, 5.74) is 2.31. The van der Waals surface area contributed by atoms with Crippen molar-refractivity contribution < 1.29 is 17.9 Å². The molecule has 1 amide bonds. The molecule has 3 rings (SSSR count). The fourth-order valence-corrected chi connectivity index (χ4v) is 3.90. The minimum Gasteiger partial charge on any atom is -0.491 e. The van der Waals surface area contributed by atoms with E-state index in [2.05, 4.69) is 10.0 Å². The lowest BCUT2D eigenvalue weighted by molar-refractivity contribution is 0.102. The first kappa shape index (κ1) is 21.4. The summed E-state index contributed by atoms with van der Waals surface area (Å²) in [6, 6.07) is 20.0. The molecule has 6 nitrogen and oxygen atoms in total. The highest BCUT2D eigenvalue weighted by Crippen LogP contribution is 2.21. The van der Waals surface area contributed by atoms with Gasteiger partial charge >= 0.3 is 0 Å². The number of hydrogen-bond donors (Lipinski definition) is 2. The Kier molecular flexibility index (Phi) is 6.42. The summed E-state index contributed by atoms with van der Waals surface area (Å²) in [6.07, 6.45) is 0.0699. The van der Waals surface area contributed by atoms with E-state index in [-0.39, 0.29) is 16.9 Å². The van der Waals surface area contributed by atoms with Crippen LogP contribution in [0.5, 0.6) is 5.75 Å². The van der Waals surface area contributed by atoms with E-state index in [1.165, 1.54) is 24.3 Å². The predicted octanol–water partition coefficient (Wildman–Crippen LogP) is 4.84. The Labute approximate surface area is 177 Å². The van der Waals surface area contributed by atoms with Gasteiger partial charge in [0.25, 0.3) is 15.9 Å². The molecule has 0 aliphatic rings. The first-order valence-corrected chi connectivity index (χ1v) is 11.0. The number of sulfonamides is 1. The van der Waals surface area contributed by atoms with E-state index < -0.39 is 10.0 Å². The van der Waals surface area contributed by atoms with Crippen molar-refractivity contribution in [2.75, 3.05) is 10.0 Å². The van der Waals surface area contributed by atoms with Gasteiger partial charge in [0.2, 0.25) is 0 Å². The number of amides is 1. The smallest absolute Gasteiger partial charge is 0.261 e. The van der Waals surface area contributed by atoms with E-state index in [1.807, 2.05) is 32.9 Å². The Hall–Kier alpha value is -3.32. The van der Waals surface area contributed by atoms with Crippen LogP contribution in [0.3, 0.4) is 0 Å². The van der Waals surface area contributed by atoms with Gasteiger partial charge in [-0.05, 0) is 80.9 Å². The lowest BCUT2D eigenvalue weighted by Crippen LogP contribution is -2.15. The summed E-state index contributed by atoms with van der Waals surface area (Å²) >= 11 is 0. The van der Waals surface area contributed by atoms with Gasteiger partial charge < -0.3 is 10.1 Å². The van der Waals surface area contributed by atoms with Crippen molar-refractivity contribution in [2.24, 2.45) is 0 Å². The van der Waals surface area contributed by atoms with Crippen LogP contribution < -0.4 is 14.8 Å². The number of hydrogen-bond acceptors (Lipinski definition) is 4. The van der Waals surface area contributed by atoms with E-state index in [0.717, 1.165) is 11.3 Å². The van der Waals surface area contributed by atoms with E-state index >= 15 is 0 Å². The highest BCUT2D eigenvalue weighted by molar-refractivity contribution is 7.92. The van der Waals surface area contributed by atoms with E-state index in [4.69, 9.17) is 4.74 Å². The van der Waals surface area contributed by atoms with Crippen LogP contribution in [0, 0.1) is 6.92 Å². The Morgan fingerprint density at radius 1 is 0.900 bits per heavy atom. The number of ether oxygens (including phenoxy) is 1. The molecule has 2 N–H and O–H groups in total. The maximum Gasteiger partial charge on any atom is 0.261 e. The third-order valence-corrected chi connectivity index (χ3v) is 5.68.